The summed E-state index contributed by atoms with van der Waals surface area (Å²) in [4.78, 5) is 10.5. The number of nitrogens with zero attached hydrogens (tertiary/aromatic N) is 5. The molecule has 1 aliphatic heterocycles. The molecule has 26 heavy (non-hydrogen) atoms. The SMILES string of the molecule is Cn1cc(Cl)c2c(N3CCC(N(CC(F)F)S(N)(=O)=O)CC3)ncnc21. The highest BCUT2D eigenvalue weighted by Gasteiger charge is 2.33. The molecule has 0 unspecified atom stereocenters. The lowest BCUT2D eigenvalue weighted by molar-refractivity contribution is 0.101. The number of alkyl halides is 2. The predicted octanol–water partition coefficient (Wildman–Crippen LogP) is 1.36. The van der Waals surface area contributed by atoms with Gasteiger partial charge in [0.05, 0.1) is 17.0 Å². The molecule has 3 heterocycles. The van der Waals surface area contributed by atoms with E-state index in [0.717, 1.165) is 0 Å². The first kappa shape index (κ1) is 19.2. The molecule has 0 atom stereocenters. The van der Waals surface area contributed by atoms with Crippen molar-refractivity contribution < 1.29 is 17.2 Å². The summed E-state index contributed by atoms with van der Waals surface area (Å²) >= 11 is 6.28. The minimum Gasteiger partial charge on any atom is -0.356 e. The van der Waals surface area contributed by atoms with E-state index in [-0.39, 0.29) is 0 Å². The van der Waals surface area contributed by atoms with Crippen LogP contribution in [0.25, 0.3) is 11.0 Å². The highest BCUT2D eigenvalue weighted by molar-refractivity contribution is 7.86. The molecule has 2 aromatic heterocycles. The van der Waals surface area contributed by atoms with Crippen LogP contribution in [0.5, 0.6) is 0 Å². The van der Waals surface area contributed by atoms with Gasteiger partial charge in [-0.2, -0.15) is 12.7 Å². The van der Waals surface area contributed by atoms with Crippen LogP contribution in [0.2, 0.25) is 5.02 Å². The zero-order chi connectivity index (χ0) is 19.1. The molecule has 0 saturated carbocycles. The number of rotatable bonds is 5. The number of aryl methyl sites for hydroxylation is 1. The third-order valence-corrected chi connectivity index (χ3v) is 5.89. The Morgan fingerprint density at radius 1 is 1.38 bits per heavy atom. The molecule has 0 amide bonds. The van der Waals surface area contributed by atoms with Crippen molar-refractivity contribution in [2.75, 3.05) is 24.5 Å². The maximum absolute atomic E-state index is 12.7. The second-order valence-electron chi connectivity index (χ2n) is 6.21. The quantitative estimate of drug-likeness (QED) is 0.805. The number of nitrogens with two attached hydrogens (primary N) is 1. The van der Waals surface area contributed by atoms with E-state index in [1.807, 2.05) is 11.9 Å². The van der Waals surface area contributed by atoms with Gasteiger partial charge >= 0.3 is 0 Å². The van der Waals surface area contributed by atoms with Crippen molar-refractivity contribution >= 4 is 38.7 Å². The molecule has 8 nitrogen and oxygen atoms in total. The minimum absolute atomic E-state index is 0.360. The van der Waals surface area contributed by atoms with Crippen molar-refractivity contribution in [2.24, 2.45) is 12.2 Å². The van der Waals surface area contributed by atoms with Gasteiger partial charge in [-0.1, -0.05) is 11.6 Å². The largest absolute Gasteiger partial charge is 0.356 e. The van der Waals surface area contributed by atoms with Gasteiger partial charge in [0.25, 0.3) is 16.6 Å². The summed E-state index contributed by atoms with van der Waals surface area (Å²) < 4.78 is 51.3. The first-order valence-corrected chi connectivity index (χ1v) is 9.84. The lowest BCUT2D eigenvalue weighted by Gasteiger charge is -2.37. The Hall–Kier alpha value is -1.56. The molecular formula is C14H19ClF2N6O2S. The van der Waals surface area contributed by atoms with Crippen molar-refractivity contribution in [1.29, 1.82) is 0 Å². The van der Waals surface area contributed by atoms with Gasteiger partial charge in [0, 0.05) is 32.4 Å². The summed E-state index contributed by atoms with van der Waals surface area (Å²) in [6, 6.07) is -0.571. The molecule has 1 fully saturated rings. The molecular weight excluding hydrogens is 390 g/mol. The summed E-state index contributed by atoms with van der Waals surface area (Å²) in [5.41, 5.74) is 0.686. The Morgan fingerprint density at radius 3 is 2.62 bits per heavy atom. The van der Waals surface area contributed by atoms with Crippen molar-refractivity contribution in [2.45, 2.75) is 25.3 Å². The van der Waals surface area contributed by atoms with Crippen molar-refractivity contribution in [3.8, 4) is 0 Å². The molecule has 12 heteroatoms. The van der Waals surface area contributed by atoms with Crippen LogP contribution in [-0.4, -0.2) is 59.4 Å². The van der Waals surface area contributed by atoms with Crippen molar-refractivity contribution in [3.63, 3.8) is 0 Å². The zero-order valence-electron chi connectivity index (χ0n) is 14.0. The van der Waals surface area contributed by atoms with E-state index in [2.05, 4.69) is 9.97 Å². The number of hydrogen-bond donors (Lipinski definition) is 1. The smallest absolute Gasteiger partial charge is 0.277 e. The van der Waals surface area contributed by atoms with Crippen molar-refractivity contribution in [1.82, 2.24) is 18.8 Å². The fourth-order valence-electron chi connectivity index (χ4n) is 3.35. The number of anilines is 1. The summed E-state index contributed by atoms with van der Waals surface area (Å²) in [6.45, 7) is -0.0136. The third kappa shape index (κ3) is 3.75. The van der Waals surface area contributed by atoms with Crippen LogP contribution in [-0.2, 0) is 17.3 Å². The molecule has 0 aromatic carbocycles. The maximum atomic E-state index is 12.7. The van der Waals surface area contributed by atoms with Crippen molar-refractivity contribution in [3.05, 3.63) is 17.5 Å². The average molecular weight is 409 g/mol. The van der Waals surface area contributed by atoms with E-state index < -0.39 is 29.2 Å². The Kier molecular flexibility index (Phi) is 5.33. The molecule has 0 aliphatic carbocycles. The number of halogens is 3. The van der Waals surface area contributed by atoms with E-state index in [0.29, 0.717) is 52.1 Å². The minimum atomic E-state index is -4.20. The number of aromatic nitrogens is 3. The first-order chi connectivity index (χ1) is 12.2. The Balaban J connectivity index is 1.81. The van der Waals surface area contributed by atoms with Crippen LogP contribution in [0.3, 0.4) is 0 Å². The van der Waals surface area contributed by atoms with Gasteiger partial charge in [0.2, 0.25) is 0 Å². The Morgan fingerprint density at radius 2 is 2.04 bits per heavy atom. The van der Waals surface area contributed by atoms with E-state index in [4.69, 9.17) is 16.7 Å². The van der Waals surface area contributed by atoms with Crippen LogP contribution in [0.15, 0.2) is 12.5 Å². The average Bonchev–Trinajstić information content (AvgIpc) is 2.86. The van der Waals surface area contributed by atoms with Gasteiger partial charge in [-0.15, -0.1) is 0 Å². The Bertz CT molecular complexity index is 898. The monoisotopic (exact) mass is 408 g/mol. The van der Waals surface area contributed by atoms with E-state index in [1.54, 1.807) is 10.8 Å². The van der Waals surface area contributed by atoms with Gasteiger partial charge < -0.3 is 9.47 Å². The van der Waals surface area contributed by atoms with Crippen LogP contribution >= 0.6 is 11.6 Å². The fourth-order valence-corrected chi connectivity index (χ4v) is 4.61. The van der Waals surface area contributed by atoms with E-state index >= 15 is 0 Å². The van der Waals surface area contributed by atoms with Gasteiger partial charge in [-0.25, -0.2) is 23.9 Å². The zero-order valence-corrected chi connectivity index (χ0v) is 15.6. The normalized spacial score (nSPS) is 17.0. The molecule has 2 N–H and O–H groups in total. The summed E-state index contributed by atoms with van der Waals surface area (Å²) in [6.07, 6.45) is 1.12. The lowest BCUT2D eigenvalue weighted by atomic mass is 10.0. The molecule has 1 saturated heterocycles. The maximum Gasteiger partial charge on any atom is 0.277 e. The highest BCUT2D eigenvalue weighted by atomic mass is 35.5. The highest BCUT2D eigenvalue weighted by Crippen LogP contribution is 2.33. The van der Waals surface area contributed by atoms with E-state index in [1.165, 1.54) is 6.33 Å². The molecule has 2 aromatic rings. The second kappa shape index (κ2) is 7.22. The van der Waals surface area contributed by atoms with Gasteiger partial charge in [0.15, 0.2) is 0 Å². The summed E-state index contributed by atoms with van der Waals surface area (Å²) in [5, 5.41) is 6.34. The van der Waals surface area contributed by atoms with E-state index in [9.17, 15) is 17.2 Å². The summed E-state index contributed by atoms with van der Waals surface area (Å²) in [7, 11) is -2.37. The number of hydrogen-bond acceptors (Lipinski definition) is 5. The first-order valence-electron chi connectivity index (χ1n) is 7.96. The van der Waals surface area contributed by atoms with Gasteiger partial charge in [0.1, 0.15) is 17.8 Å². The predicted molar refractivity (Wildman–Crippen MR) is 94.6 cm³/mol. The van der Waals surface area contributed by atoms with Crippen LogP contribution in [0, 0.1) is 0 Å². The third-order valence-electron chi connectivity index (χ3n) is 4.50. The number of fused-ring (bicyclic) bond motifs is 1. The lowest BCUT2D eigenvalue weighted by Crippen LogP contribution is -2.51. The van der Waals surface area contributed by atoms with Gasteiger partial charge in [-0.05, 0) is 12.8 Å². The van der Waals surface area contributed by atoms with Crippen LogP contribution in [0.4, 0.5) is 14.6 Å². The molecule has 0 bridgehead atoms. The second-order valence-corrected chi connectivity index (χ2v) is 8.11. The topological polar surface area (TPSA) is 97.3 Å². The molecule has 1 aliphatic rings. The van der Waals surface area contributed by atoms with Crippen LogP contribution < -0.4 is 10.0 Å². The molecule has 0 radical (unpaired) electrons. The van der Waals surface area contributed by atoms with Crippen LogP contribution in [0.1, 0.15) is 12.8 Å². The van der Waals surface area contributed by atoms with Gasteiger partial charge in [-0.3, -0.25) is 0 Å². The molecule has 144 valence electrons. The molecule has 3 rings (SSSR count). The summed E-state index contributed by atoms with van der Waals surface area (Å²) in [5.74, 6) is 0.648. The molecule has 0 spiro atoms. The number of piperidine rings is 1. The fraction of sp³-hybridized carbons (Fsp3) is 0.571. The standard InChI is InChI=1S/C14H19ClF2N6O2S/c1-21-6-10(15)12-13(21)19-8-20-14(12)22-4-2-9(3-5-22)23(7-11(16)17)26(18,24)25/h6,8-9,11H,2-5,7H2,1H3,(H2,18,24,25). The Labute approximate surface area is 154 Å².